The van der Waals surface area contributed by atoms with Gasteiger partial charge in [0.15, 0.2) is 0 Å². The number of carbonyl (C=O) groups excluding carboxylic acids is 1. The van der Waals surface area contributed by atoms with Gasteiger partial charge in [0.05, 0.1) is 18.4 Å². The van der Waals surface area contributed by atoms with Crippen LogP contribution >= 0.6 is 0 Å². The zero-order valence-corrected chi connectivity index (χ0v) is 13.1. The first kappa shape index (κ1) is 15.5. The number of carbonyl (C=O) groups is 1. The number of anilines is 2. The van der Waals surface area contributed by atoms with Gasteiger partial charge in [0, 0.05) is 17.4 Å². The van der Waals surface area contributed by atoms with Crippen molar-refractivity contribution in [1.29, 1.82) is 0 Å². The first-order chi connectivity index (χ1) is 11.7. The molecule has 0 aliphatic heterocycles. The van der Waals surface area contributed by atoms with Gasteiger partial charge in [0.25, 0.3) is 5.91 Å². The second kappa shape index (κ2) is 6.78. The fourth-order valence-electron chi connectivity index (χ4n) is 2.29. The van der Waals surface area contributed by atoms with Crippen molar-refractivity contribution >= 4 is 17.5 Å². The predicted octanol–water partition coefficient (Wildman–Crippen LogP) is 2.99. The van der Waals surface area contributed by atoms with Crippen LogP contribution in [-0.4, -0.2) is 23.0 Å². The summed E-state index contributed by atoms with van der Waals surface area (Å²) in [6.45, 7) is 0. The summed E-state index contributed by atoms with van der Waals surface area (Å²) in [5.74, 6) is 0.524. The van der Waals surface area contributed by atoms with E-state index in [1.807, 2.05) is 18.2 Å². The number of nitrogens with two attached hydrogens (primary N) is 1. The van der Waals surface area contributed by atoms with Crippen LogP contribution in [0.4, 0.5) is 11.6 Å². The van der Waals surface area contributed by atoms with Gasteiger partial charge in [0.1, 0.15) is 5.75 Å². The third-order valence-electron chi connectivity index (χ3n) is 3.46. The number of benzene rings is 2. The smallest absolute Gasteiger partial charge is 0.259 e. The molecule has 1 heterocycles. The van der Waals surface area contributed by atoms with E-state index in [0.717, 1.165) is 11.3 Å². The second-order valence-electron chi connectivity index (χ2n) is 5.03. The monoisotopic (exact) mass is 320 g/mol. The summed E-state index contributed by atoms with van der Waals surface area (Å²) >= 11 is 0. The number of nitrogens with zero attached hydrogens (tertiary/aromatic N) is 2. The molecule has 120 valence electrons. The first-order valence-electron chi connectivity index (χ1n) is 7.30. The van der Waals surface area contributed by atoms with E-state index in [4.69, 9.17) is 10.5 Å². The summed E-state index contributed by atoms with van der Waals surface area (Å²) in [7, 11) is 1.54. The maximum atomic E-state index is 12.4. The third kappa shape index (κ3) is 3.33. The molecule has 1 aromatic heterocycles. The van der Waals surface area contributed by atoms with Crippen molar-refractivity contribution in [3.63, 3.8) is 0 Å². The molecule has 6 heteroatoms. The van der Waals surface area contributed by atoms with Crippen LogP contribution in [0, 0.1) is 0 Å². The van der Waals surface area contributed by atoms with Gasteiger partial charge in [-0.2, -0.15) is 0 Å². The Hall–Kier alpha value is -3.41. The molecule has 3 N–H and O–H groups in total. The van der Waals surface area contributed by atoms with Crippen molar-refractivity contribution in [2.75, 3.05) is 18.2 Å². The van der Waals surface area contributed by atoms with E-state index in [0.29, 0.717) is 17.0 Å². The lowest BCUT2D eigenvalue weighted by molar-refractivity contribution is 0.102. The van der Waals surface area contributed by atoms with E-state index in [-0.39, 0.29) is 11.9 Å². The van der Waals surface area contributed by atoms with Crippen molar-refractivity contribution in [3.8, 4) is 17.0 Å². The Morgan fingerprint density at radius 1 is 1.08 bits per heavy atom. The van der Waals surface area contributed by atoms with E-state index in [2.05, 4.69) is 15.3 Å². The van der Waals surface area contributed by atoms with E-state index in [9.17, 15) is 4.79 Å². The molecule has 0 aliphatic rings. The molecule has 0 spiro atoms. The van der Waals surface area contributed by atoms with E-state index in [1.165, 1.54) is 7.11 Å². The summed E-state index contributed by atoms with van der Waals surface area (Å²) in [5.41, 5.74) is 8.36. The number of amides is 1. The lowest BCUT2D eigenvalue weighted by atomic mass is 10.1. The largest absolute Gasteiger partial charge is 0.496 e. The van der Waals surface area contributed by atoms with Crippen LogP contribution in [0.25, 0.3) is 11.3 Å². The highest BCUT2D eigenvalue weighted by atomic mass is 16.5. The van der Waals surface area contributed by atoms with Crippen molar-refractivity contribution in [2.45, 2.75) is 0 Å². The molecule has 3 aromatic rings. The minimum atomic E-state index is -0.230. The summed E-state index contributed by atoms with van der Waals surface area (Å²) < 4.78 is 5.21. The number of hydrogen-bond acceptors (Lipinski definition) is 5. The van der Waals surface area contributed by atoms with Crippen molar-refractivity contribution < 1.29 is 9.53 Å². The number of rotatable bonds is 4. The summed E-state index contributed by atoms with van der Waals surface area (Å²) in [6.07, 6.45) is 1.61. The quantitative estimate of drug-likeness (QED) is 0.771. The number of ether oxygens (including phenoxy) is 1. The number of para-hydroxylation sites is 1. The van der Waals surface area contributed by atoms with Crippen LogP contribution in [0.2, 0.25) is 0 Å². The van der Waals surface area contributed by atoms with Gasteiger partial charge in [-0.15, -0.1) is 0 Å². The van der Waals surface area contributed by atoms with Gasteiger partial charge in [-0.3, -0.25) is 4.79 Å². The molecule has 0 saturated heterocycles. The Balaban J connectivity index is 1.78. The predicted molar refractivity (Wildman–Crippen MR) is 92.8 cm³/mol. The number of nitrogen functional groups attached to an aromatic ring is 1. The van der Waals surface area contributed by atoms with E-state index in [1.54, 1.807) is 42.6 Å². The average Bonchev–Trinajstić information content (AvgIpc) is 2.62. The Bertz CT molecular complexity index is 863. The van der Waals surface area contributed by atoms with Gasteiger partial charge in [-0.25, -0.2) is 9.97 Å². The van der Waals surface area contributed by atoms with Gasteiger partial charge >= 0.3 is 0 Å². The average molecular weight is 320 g/mol. The Labute approximate surface area is 139 Å². The molecule has 0 radical (unpaired) electrons. The minimum Gasteiger partial charge on any atom is -0.496 e. The van der Waals surface area contributed by atoms with Crippen LogP contribution in [0.3, 0.4) is 0 Å². The molecule has 24 heavy (non-hydrogen) atoms. The van der Waals surface area contributed by atoms with Crippen LogP contribution in [0.5, 0.6) is 5.75 Å². The first-order valence-corrected chi connectivity index (χ1v) is 7.30. The minimum absolute atomic E-state index is 0.223. The van der Waals surface area contributed by atoms with Gasteiger partial charge in [-0.1, -0.05) is 24.3 Å². The molecular weight excluding hydrogens is 304 g/mol. The zero-order valence-electron chi connectivity index (χ0n) is 13.1. The molecule has 0 atom stereocenters. The number of nitrogens with one attached hydrogen (secondary N) is 1. The molecule has 0 bridgehead atoms. The highest BCUT2D eigenvalue weighted by molar-refractivity contribution is 6.06. The molecule has 0 aliphatic carbocycles. The molecule has 0 fully saturated rings. The summed E-state index contributed by atoms with van der Waals surface area (Å²) in [4.78, 5) is 20.4. The van der Waals surface area contributed by atoms with Gasteiger partial charge in [-0.05, 0) is 30.3 Å². The highest BCUT2D eigenvalue weighted by Crippen LogP contribution is 2.22. The summed E-state index contributed by atoms with van der Waals surface area (Å²) in [5, 5.41) is 2.85. The zero-order chi connectivity index (χ0) is 16.9. The highest BCUT2D eigenvalue weighted by Gasteiger charge is 2.11. The number of aromatic nitrogens is 2. The Morgan fingerprint density at radius 2 is 1.83 bits per heavy atom. The van der Waals surface area contributed by atoms with Crippen LogP contribution < -0.4 is 15.8 Å². The number of hydrogen-bond donors (Lipinski definition) is 2. The standard InChI is InChI=1S/C18H16N4O2/c1-24-16-5-3-2-4-14(16)17(23)21-13-8-6-12(7-9-13)15-10-11-20-18(19)22-15/h2-11H,1H3,(H,21,23)(H2,19,20,22). The van der Waals surface area contributed by atoms with Crippen molar-refractivity contribution in [3.05, 3.63) is 66.4 Å². The van der Waals surface area contributed by atoms with Crippen molar-refractivity contribution in [2.24, 2.45) is 0 Å². The Kier molecular flexibility index (Phi) is 4.38. The molecular formula is C18H16N4O2. The molecule has 1 amide bonds. The molecule has 2 aromatic carbocycles. The lowest BCUT2D eigenvalue weighted by Gasteiger charge is -2.09. The molecule has 0 saturated carbocycles. The maximum absolute atomic E-state index is 12.4. The van der Waals surface area contributed by atoms with Crippen molar-refractivity contribution in [1.82, 2.24) is 9.97 Å². The molecule has 3 rings (SSSR count). The maximum Gasteiger partial charge on any atom is 0.259 e. The van der Waals surface area contributed by atoms with Crippen LogP contribution in [0.1, 0.15) is 10.4 Å². The van der Waals surface area contributed by atoms with Crippen LogP contribution in [0.15, 0.2) is 60.8 Å². The van der Waals surface area contributed by atoms with Gasteiger partial charge < -0.3 is 15.8 Å². The van der Waals surface area contributed by atoms with Crippen LogP contribution in [-0.2, 0) is 0 Å². The van der Waals surface area contributed by atoms with Gasteiger partial charge in [0.2, 0.25) is 5.95 Å². The van der Waals surface area contributed by atoms with E-state index < -0.39 is 0 Å². The Morgan fingerprint density at radius 3 is 2.54 bits per heavy atom. The van der Waals surface area contributed by atoms with E-state index >= 15 is 0 Å². The normalized spacial score (nSPS) is 10.2. The SMILES string of the molecule is COc1ccccc1C(=O)Nc1ccc(-c2ccnc(N)n2)cc1. The number of methoxy groups -OCH3 is 1. The molecule has 0 unspecified atom stereocenters. The molecule has 6 nitrogen and oxygen atoms in total. The fraction of sp³-hybridized carbons (Fsp3) is 0.0556. The fourth-order valence-corrected chi connectivity index (χ4v) is 2.29. The topological polar surface area (TPSA) is 90.1 Å². The lowest BCUT2D eigenvalue weighted by Crippen LogP contribution is -2.13. The second-order valence-corrected chi connectivity index (χ2v) is 5.03. The summed E-state index contributed by atoms with van der Waals surface area (Å²) in [6, 6.07) is 16.2. The third-order valence-corrected chi connectivity index (χ3v) is 3.46.